The van der Waals surface area contributed by atoms with Crippen LogP contribution in [-0.2, 0) is 6.54 Å². The summed E-state index contributed by atoms with van der Waals surface area (Å²) in [6.07, 6.45) is 7.86. The Bertz CT molecular complexity index is 535. The first kappa shape index (κ1) is 15.3. The van der Waals surface area contributed by atoms with E-state index in [4.69, 9.17) is 0 Å². The first-order valence-corrected chi connectivity index (χ1v) is 7.45. The molecule has 114 valence electrons. The molecule has 0 unspecified atom stereocenters. The van der Waals surface area contributed by atoms with E-state index in [1.54, 1.807) is 0 Å². The van der Waals surface area contributed by atoms with E-state index in [9.17, 15) is 0 Å². The highest BCUT2D eigenvalue weighted by Crippen LogP contribution is 2.16. The molecule has 0 bridgehead atoms. The summed E-state index contributed by atoms with van der Waals surface area (Å²) < 4.78 is 2.10. The van der Waals surface area contributed by atoms with Gasteiger partial charge in [-0.25, -0.2) is 15.0 Å². The van der Waals surface area contributed by atoms with Crippen LogP contribution in [0.25, 0.3) is 0 Å². The number of nitrogens with zero attached hydrogens (tertiary/aromatic N) is 4. The van der Waals surface area contributed by atoms with Gasteiger partial charge in [-0.05, 0) is 12.8 Å². The summed E-state index contributed by atoms with van der Waals surface area (Å²) in [4.78, 5) is 13.0. The molecule has 0 aliphatic rings. The number of nitrogens with one attached hydrogen (secondary N) is 2. The maximum Gasteiger partial charge on any atom is 0.135 e. The van der Waals surface area contributed by atoms with Crippen LogP contribution in [-0.4, -0.2) is 33.1 Å². The molecule has 0 radical (unpaired) electrons. The molecule has 0 aliphatic carbocycles. The summed E-state index contributed by atoms with van der Waals surface area (Å²) in [6.45, 7) is 6.12. The molecule has 6 heteroatoms. The van der Waals surface area contributed by atoms with Gasteiger partial charge in [-0.2, -0.15) is 0 Å². The maximum absolute atomic E-state index is 4.55. The molecule has 0 saturated carbocycles. The van der Waals surface area contributed by atoms with E-state index in [-0.39, 0.29) is 0 Å². The summed E-state index contributed by atoms with van der Waals surface area (Å²) in [6, 6.07) is 1.95. The molecule has 0 amide bonds. The Balaban J connectivity index is 1.80. The van der Waals surface area contributed by atoms with E-state index in [0.717, 1.165) is 43.4 Å². The molecule has 0 atom stereocenters. The lowest BCUT2D eigenvalue weighted by Crippen LogP contribution is -2.09. The lowest BCUT2D eigenvalue weighted by molar-refractivity contribution is 0.620. The smallest absolute Gasteiger partial charge is 0.135 e. The van der Waals surface area contributed by atoms with Crippen molar-refractivity contribution in [2.45, 2.75) is 39.2 Å². The molecule has 2 heterocycles. The third kappa shape index (κ3) is 4.73. The van der Waals surface area contributed by atoms with E-state index in [2.05, 4.69) is 44.0 Å². The maximum atomic E-state index is 4.55. The van der Waals surface area contributed by atoms with Crippen molar-refractivity contribution in [1.82, 2.24) is 19.5 Å². The Morgan fingerprint density at radius 3 is 2.67 bits per heavy atom. The molecule has 2 aromatic rings. The molecular weight excluding hydrogens is 264 g/mol. The summed E-state index contributed by atoms with van der Waals surface area (Å²) >= 11 is 0. The summed E-state index contributed by atoms with van der Waals surface area (Å²) in [5.41, 5.74) is 0. The van der Waals surface area contributed by atoms with E-state index in [1.807, 2.05) is 31.8 Å². The van der Waals surface area contributed by atoms with Gasteiger partial charge < -0.3 is 15.2 Å². The van der Waals surface area contributed by atoms with Crippen LogP contribution in [0, 0.1) is 0 Å². The highest BCUT2D eigenvalue weighted by Gasteiger charge is 2.07. The Morgan fingerprint density at radius 1 is 1.19 bits per heavy atom. The molecular formula is C15H24N6. The zero-order chi connectivity index (χ0) is 15.1. The Morgan fingerprint density at radius 2 is 2.00 bits per heavy atom. The van der Waals surface area contributed by atoms with Crippen LogP contribution in [0.5, 0.6) is 0 Å². The molecule has 0 saturated heterocycles. The minimum Gasteiger partial charge on any atom is -0.373 e. The molecule has 0 aliphatic heterocycles. The van der Waals surface area contributed by atoms with Crippen molar-refractivity contribution < 1.29 is 0 Å². The van der Waals surface area contributed by atoms with Gasteiger partial charge in [0.25, 0.3) is 0 Å². The normalized spacial score (nSPS) is 10.9. The zero-order valence-corrected chi connectivity index (χ0v) is 13.0. The van der Waals surface area contributed by atoms with Gasteiger partial charge in [-0.15, -0.1) is 0 Å². The number of rotatable bonds is 8. The first-order chi connectivity index (χ1) is 10.2. The van der Waals surface area contributed by atoms with Crippen molar-refractivity contribution in [1.29, 1.82) is 0 Å². The van der Waals surface area contributed by atoms with E-state index >= 15 is 0 Å². The number of aromatic nitrogens is 4. The number of unbranched alkanes of at least 4 members (excludes halogenated alkanes) is 1. The fourth-order valence-electron chi connectivity index (χ4n) is 2.00. The molecule has 0 spiro atoms. The van der Waals surface area contributed by atoms with Gasteiger partial charge in [0.05, 0.1) is 6.33 Å². The highest BCUT2D eigenvalue weighted by molar-refractivity contribution is 5.47. The second kappa shape index (κ2) is 7.61. The van der Waals surface area contributed by atoms with Crippen LogP contribution in [0.1, 0.15) is 38.4 Å². The molecule has 0 aromatic carbocycles. The average molecular weight is 288 g/mol. The van der Waals surface area contributed by atoms with E-state index in [1.165, 1.54) is 0 Å². The van der Waals surface area contributed by atoms with Crippen LogP contribution in [0.3, 0.4) is 0 Å². The highest BCUT2D eigenvalue weighted by atomic mass is 15.1. The van der Waals surface area contributed by atoms with Crippen LogP contribution in [0.4, 0.5) is 11.6 Å². The predicted molar refractivity (Wildman–Crippen MR) is 85.6 cm³/mol. The van der Waals surface area contributed by atoms with Gasteiger partial charge in [-0.1, -0.05) is 13.8 Å². The lowest BCUT2D eigenvalue weighted by Gasteiger charge is -2.11. The van der Waals surface area contributed by atoms with Crippen molar-refractivity contribution in [3.63, 3.8) is 0 Å². The predicted octanol–water partition coefficient (Wildman–Crippen LogP) is 2.73. The molecule has 0 fully saturated rings. The van der Waals surface area contributed by atoms with Gasteiger partial charge >= 0.3 is 0 Å². The molecule has 21 heavy (non-hydrogen) atoms. The topological polar surface area (TPSA) is 67.7 Å². The van der Waals surface area contributed by atoms with Crippen molar-refractivity contribution in [3.05, 3.63) is 30.6 Å². The average Bonchev–Trinajstić information content (AvgIpc) is 2.99. The van der Waals surface area contributed by atoms with E-state index < -0.39 is 0 Å². The van der Waals surface area contributed by atoms with E-state index in [0.29, 0.717) is 5.92 Å². The number of imidazole rings is 1. The molecule has 2 aromatic heterocycles. The fraction of sp³-hybridized carbons (Fsp3) is 0.533. The SMILES string of the molecule is CNc1cc(NCCCCn2ccnc2)nc(C(C)C)n1. The van der Waals surface area contributed by atoms with Crippen LogP contribution >= 0.6 is 0 Å². The van der Waals surface area contributed by atoms with Crippen LogP contribution < -0.4 is 10.6 Å². The quantitative estimate of drug-likeness (QED) is 0.731. The Hall–Kier alpha value is -2.11. The molecule has 6 nitrogen and oxygen atoms in total. The van der Waals surface area contributed by atoms with Gasteiger partial charge in [0, 0.05) is 44.5 Å². The first-order valence-electron chi connectivity index (χ1n) is 7.45. The lowest BCUT2D eigenvalue weighted by atomic mass is 10.2. The second-order valence-corrected chi connectivity index (χ2v) is 5.34. The Labute approximate surface area is 126 Å². The van der Waals surface area contributed by atoms with Gasteiger partial charge in [0.15, 0.2) is 0 Å². The summed E-state index contributed by atoms with van der Waals surface area (Å²) in [5.74, 6) is 2.93. The van der Waals surface area contributed by atoms with Crippen LogP contribution in [0.2, 0.25) is 0 Å². The van der Waals surface area contributed by atoms with Crippen molar-refractivity contribution in [2.75, 3.05) is 24.2 Å². The number of anilines is 2. The minimum atomic E-state index is 0.320. The van der Waals surface area contributed by atoms with Gasteiger partial charge in [0.1, 0.15) is 17.5 Å². The van der Waals surface area contributed by atoms with Gasteiger partial charge in [0.2, 0.25) is 0 Å². The third-order valence-electron chi connectivity index (χ3n) is 3.22. The number of hydrogen-bond acceptors (Lipinski definition) is 5. The largest absolute Gasteiger partial charge is 0.373 e. The van der Waals surface area contributed by atoms with Crippen molar-refractivity contribution in [3.8, 4) is 0 Å². The molecule has 2 N–H and O–H groups in total. The number of aryl methyl sites for hydroxylation is 1. The second-order valence-electron chi connectivity index (χ2n) is 5.34. The number of hydrogen-bond donors (Lipinski definition) is 2. The summed E-state index contributed by atoms with van der Waals surface area (Å²) in [5, 5.41) is 6.46. The Kier molecular flexibility index (Phi) is 5.54. The fourth-order valence-corrected chi connectivity index (χ4v) is 2.00. The van der Waals surface area contributed by atoms with Crippen LogP contribution in [0.15, 0.2) is 24.8 Å². The molecule has 2 rings (SSSR count). The monoisotopic (exact) mass is 288 g/mol. The van der Waals surface area contributed by atoms with Crippen molar-refractivity contribution >= 4 is 11.6 Å². The van der Waals surface area contributed by atoms with Gasteiger partial charge in [-0.3, -0.25) is 0 Å². The minimum absolute atomic E-state index is 0.320. The van der Waals surface area contributed by atoms with Crippen molar-refractivity contribution in [2.24, 2.45) is 0 Å². The summed E-state index contributed by atoms with van der Waals surface area (Å²) in [7, 11) is 1.88. The third-order valence-corrected chi connectivity index (χ3v) is 3.22. The zero-order valence-electron chi connectivity index (χ0n) is 13.0. The standard InChI is InChI=1S/C15H24N6/c1-12(2)15-19-13(16-3)10-14(20-15)18-6-4-5-8-21-9-7-17-11-21/h7,9-12H,4-6,8H2,1-3H3,(H2,16,18,19,20).